The largest absolute Gasteiger partial charge is 0.497 e. The fraction of sp³-hybridized carbons (Fsp3) is 0.211. The van der Waals surface area contributed by atoms with Crippen molar-refractivity contribution in [1.29, 1.82) is 0 Å². The molecule has 1 aromatic heterocycles. The molecule has 0 saturated carbocycles. The van der Waals surface area contributed by atoms with E-state index in [-0.39, 0.29) is 35.9 Å². The lowest BCUT2D eigenvalue weighted by Gasteiger charge is -2.12. The molecule has 0 atom stereocenters. The van der Waals surface area contributed by atoms with Gasteiger partial charge in [-0.1, -0.05) is 12.1 Å². The maximum absolute atomic E-state index is 12.7. The van der Waals surface area contributed by atoms with E-state index in [0.717, 1.165) is 5.75 Å². The molecule has 0 saturated heterocycles. The van der Waals surface area contributed by atoms with Crippen LogP contribution < -0.4 is 14.3 Å². The van der Waals surface area contributed by atoms with Crippen molar-refractivity contribution >= 4 is 34.0 Å². The Morgan fingerprint density at radius 1 is 1.14 bits per heavy atom. The zero-order valence-electron chi connectivity index (χ0n) is 14.9. The summed E-state index contributed by atoms with van der Waals surface area (Å²) < 4.78 is 37.0. The smallest absolute Gasteiger partial charge is 0.387 e. The lowest BCUT2D eigenvalue weighted by Crippen LogP contribution is -2.18. The van der Waals surface area contributed by atoms with Gasteiger partial charge in [0, 0.05) is 17.5 Å². The molecule has 1 N–H and O–H groups in total. The topological polar surface area (TPSA) is 56.0 Å². The SMILES string of the molecule is Br.COc1ccc(N=c2scc(-c3ccccc3OC(F)F)n2CCO)cc1. The molecule has 0 bridgehead atoms. The van der Waals surface area contributed by atoms with Crippen LogP contribution in [0.25, 0.3) is 11.3 Å². The molecule has 0 spiro atoms. The number of rotatable bonds is 7. The molecule has 9 heteroatoms. The summed E-state index contributed by atoms with van der Waals surface area (Å²) in [7, 11) is 1.59. The summed E-state index contributed by atoms with van der Waals surface area (Å²) in [5.74, 6) is 0.801. The van der Waals surface area contributed by atoms with Gasteiger partial charge in [0.2, 0.25) is 0 Å². The van der Waals surface area contributed by atoms with Gasteiger partial charge >= 0.3 is 6.61 Å². The summed E-state index contributed by atoms with van der Waals surface area (Å²) in [6.07, 6.45) is 0. The fourth-order valence-electron chi connectivity index (χ4n) is 2.59. The van der Waals surface area contributed by atoms with Crippen LogP contribution in [0.5, 0.6) is 11.5 Å². The molecule has 0 aliphatic heterocycles. The second-order valence-corrected chi connectivity index (χ2v) is 6.30. The van der Waals surface area contributed by atoms with Crippen LogP contribution >= 0.6 is 28.3 Å². The Morgan fingerprint density at radius 3 is 2.50 bits per heavy atom. The van der Waals surface area contributed by atoms with Gasteiger partial charge in [0.05, 0.1) is 25.1 Å². The number of hydrogen-bond acceptors (Lipinski definition) is 5. The zero-order chi connectivity index (χ0) is 19.2. The average Bonchev–Trinajstić information content (AvgIpc) is 3.05. The number of para-hydroxylation sites is 1. The number of halogens is 3. The minimum atomic E-state index is -2.92. The van der Waals surface area contributed by atoms with E-state index in [0.29, 0.717) is 21.7 Å². The van der Waals surface area contributed by atoms with E-state index >= 15 is 0 Å². The van der Waals surface area contributed by atoms with Crippen LogP contribution in [0.2, 0.25) is 0 Å². The highest BCUT2D eigenvalue weighted by atomic mass is 79.9. The first-order valence-electron chi connectivity index (χ1n) is 8.14. The minimum absolute atomic E-state index is 0. The van der Waals surface area contributed by atoms with Gasteiger partial charge in [-0.3, -0.25) is 0 Å². The Bertz CT molecular complexity index is 958. The number of alkyl halides is 2. The third-order valence-corrected chi connectivity index (χ3v) is 4.66. The van der Waals surface area contributed by atoms with E-state index in [1.54, 1.807) is 42.0 Å². The van der Waals surface area contributed by atoms with Crippen LogP contribution in [0.3, 0.4) is 0 Å². The summed E-state index contributed by atoms with van der Waals surface area (Å²) >= 11 is 1.35. The van der Waals surface area contributed by atoms with Crippen molar-refractivity contribution in [3.05, 3.63) is 58.7 Å². The van der Waals surface area contributed by atoms with Gasteiger partial charge in [-0.15, -0.1) is 28.3 Å². The third-order valence-electron chi connectivity index (χ3n) is 3.80. The van der Waals surface area contributed by atoms with Crippen LogP contribution in [0, 0.1) is 0 Å². The highest BCUT2D eigenvalue weighted by Gasteiger charge is 2.15. The van der Waals surface area contributed by atoms with Crippen molar-refractivity contribution in [2.75, 3.05) is 13.7 Å². The maximum atomic E-state index is 12.7. The quantitative estimate of drug-likeness (QED) is 0.545. The Hall–Kier alpha value is -2.23. The van der Waals surface area contributed by atoms with Crippen LogP contribution in [-0.2, 0) is 6.54 Å². The highest BCUT2D eigenvalue weighted by Crippen LogP contribution is 2.31. The number of aliphatic hydroxyl groups excluding tert-OH is 1. The first-order valence-corrected chi connectivity index (χ1v) is 9.02. The number of aromatic nitrogens is 1. The predicted octanol–water partition coefficient (Wildman–Crippen LogP) is 4.63. The summed E-state index contributed by atoms with van der Waals surface area (Å²) in [5, 5.41) is 11.3. The molecule has 3 rings (SSSR count). The van der Waals surface area contributed by atoms with E-state index in [9.17, 15) is 13.9 Å². The van der Waals surface area contributed by atoms with Crippen LogP contribution in [0.4, 0.5) is 14.5 Å². The van der Waals surface area contributed by atoms with Crippen LogP contribution in [-0.4, -0.2) is 30.0 Å². The zero-order valence-corrected chi connectivity index (χ0v) is 17.4. The number of benzene rings is 2. The fourth-order valence-corrected chi connectivity index (χ4v) is 3.54. The molecule has 0 radical (unpaired) electrons. The number of methoxy groups -OCH3 is 1. The first kappa shape index (κ1) is 22.1. The van der Waals surface area contributed by atoms with Gasteiger partial charge in [-0.25, -0.2) is 4.99 Å². The second kappa shape index (κ2) is 10.4. The lowest BCUT2D eigenvalue weighted by molar-refractivity contribution is -0.0494. The van der Waals surface area contributed by atoms with E-state index in [1.165, 1.54) is 17.4 Å². The number of hydrogen-bond donors (Lipinski definition) is 1. The van der Waals surface area contributed by atoms with Crippen molar-refractivity contribution in [1.82, 2.24) is 4.57 Å². The summed E-state index contributed by atoms with van der Waals surface area (Å²) in [4.78, 5) is 5.23. The van der Waals surface area contributed by atoms with E-state index in [2.05, 4.69) is 9.73 Å². The molecular formula is C19H19BrF2N2O3S. The van der Waals surface area contributed by atoms with Gasteiger partial charge in [-0.2, -0.15) is 8.78 Å². The van der Waals surface area contributed by atoms with Crippen LogP contribution in [0.15, 0.2) is 58.9 Å². The summed E-state index contributed by atoms with van der Waals surface area (Å²) in [6, 6.07) is 13.8. The highest BCUT2D eigenvalue weighted by molar-refractivity contribution is 8.93. The van der Waals surface area contributed by atoms with Crippen LogP contribution in [0.1, 0.15) is 0 Å². The number of thiazole rings is 1. The molecule has 3 aromatic rings. The maximum Gasteiger partial charge on any atom is 0.387 e. The van der Waals surface area contributed by atoms with Crippen molar-refractivity contribution < 1.29 is 23.4 Å². The Balaban J connectivity index is 0.00000280. The molecule has 0 unspecified atom stereocenters. The van der Waals surface area contributed by atoms with E-state index in [1.807, 2.05) is 17.5 Å². The number of aliphatic hydroxyl groups is 1. The van der Waals surface area contributed by atoms with E-state index in [4.69, 9.17) is 4.74 Å². The van der Waals surface area contributed by atoms with Gasteiger partial charge < -0.3 is 19.1 Å². The monoisotopic (exact) mass is 472 g/mol. The standard InChI is InChI=1S/C19H18F2N2O3S.BrH/c1-25-14-8-6-13(7-9-14)22-19-23(10-11-24)16(12-27-19)15-4-2-3-5-17(15)26-18(20)21;/h2-9,12,18,24H,10-11H2,1H3;1H. The van der Waals surface area contributed by atoms with Crippen molar-refractivity contribution in [3.63, 3.8) is 0 Å². The molecule has 2 aromatic carbocycles. The molecule has 150 valence electrons. The summed E-state index contributed by atoms with van der Waals surface area (Å²) in [6.45, 7) is -2.76. The molecule has 1 heterocycles. The molecule has 28 heavy (non-hydrogen) atoms. The minimum Gasteiger partial charge on any atom is -0.497 e. The second-order valence-electron chi connectivity index (χ2n) is 5.46. The van der Waals surface area contributed by atoms with E-state index < -0.39 is 6.61 Å². The Labute approximate surface area is 175 Å². The normalized spacial score (nSPS) is 11.4. The van der Waals surface area contributed by atoms with Crippen molar-refractivity contribution in [2.24, 2.45) is 4.99 Å². The average molecular weight is 473 g/mol. The summed E-state index contributed by atoms with van der Waals surface area (Å²) in [5.41, 5.74) is 1.88. The van der Waals surface area contributed by atoms with Gasteiger partial charge in [0.25, 0.3) is 0 Å². The van der Waals surface area contributed by atoms with Crippen molar-refractivity contribution in [3.8, 4) is 22.8 Å². The molecule has 0 fully saturated rings. The molecular weight excluding hydrogens is 454 g/mol. The Kier molecular flexibility index (Phi) is 8.16. The van der Waals surface area contributed by atoms with Gasteiger partial charge in [-0.05, 0) is 36.4 Å². The van der Waals surface area contributed by atoms with Crippen molar-refractivity contribution in [2.45, 2.75) is 13.2 Å². The van der Waals surface area contributed by atoms with Gasteiger partial charge in [0.15, 0.2) is 4.80 Å². The number of nitrogens with zero attached hydrogens (tertiary/aromatic N) is 2. The molecule has 5 nitrogen and oxygen atoms in total. The number of ether oxygens (including phenoxy) is 2. The third kappa shape index (κ3) is 5.18. The molecule has 0 aliphatic carbocycles. The predicted molar refractivity (Wildman–Crippen MR) is 110 cm³/mol. The molecule has 0 aliphatic rings. The first-order chi connectivity index (χ1) is 13.1. The lowest BCUT2D eigenvalue weighted by atomic mass is 10.1. The Morgan fingerprint density at radius 2 is 1.86 bits per heavy atom. The molecule has 0 amide bonds. The van der Waals surface area contributed by atoms with Gasteiger partial charge in [0.1, 0.15) is 11.5 Å².